The van der Waals surface area contributed by atoms with Gasteiger partial charge in [-0.1, -0.05) is 12.1 Å². The van der Waals surface area contributed by atoms with Crippen molar-refractivity contribution in [2.75, 3.05) is 27.3 Å². The summed E-state index contributed by atoms with van der Waals surface area (Å²) in [6.07, 6.45) is 6.78. The van der Waals surface area contributed by atoms with E-state index in [0.717, 1.165) is 48.9 Å². The number of aliphatic imine (C=N–C) groups is 1. The molecule has 1 N–H and O–H groups in total. The first kappa shape index (κ1) is 21.1. The van der Waals surface area contributed by atoms with Crippen LogP contribution in [0.4, 0.5) is 0 Å². The van der Waals surface area contributed by atoms with Crippen molar-refractivity contribution in [3.05, 3.63) is 41.0 Å². The van der Waals surface area contributed by atoms with E-state index in [0.29, 0.717) is 12.8 Å². The van der Waals surface area contributed by atoms with E-state index < -0.39 is 22.9 Å². The van der Waals surface area contributed by atoms with Gasteiger partial charge in [-0.2, -0.15) is 0 Å². The normalized spacial score (nSPS) is 34.9. The monoisotopic (exact) mass is 450 g/mol. The summed E-state index contributed by atoms with van der Waals surface area (Å²) in [6.45, 7) is 1.96. The summed E-state index contributed by atoms with van der Waals surface area (Å²) in [7, 11) is 2.93. The highest BCUT2D eigenvalue weighted by Gasteiger charge is 2.66. The summed E-state index contributed by atoms with van der Waals surface area (Å²) >= 11 is 0. The number of esters is 1. The SMILES string of the molecule is COC(=O)C1=CC2C[C@@]3(O)[C@H]4Cc5ccc(OC)cc5[C@@]3(CCN4CC3CC3)CC2=NC1=O. The molecule has 1 aromatic rings. The number of hydrogen-bond acceptors (Lipinski definition) is 6. The summed E-state index contributed by atoms with van der Waals surface area (Å²) in [4.78, 5) is 31.7. The van der Waals surface area contributed by atoms with Crippen LogP contribution in [0.5, 0.6) is 5.75 Å². The van der Waals surface area contributed by atoms with Gasteiger partial charge in [0.25, 0.3) is 5.91 Å². The topological polar surface area (TPSA) is 88.4 Å². The predicted molar refractivity (Wildman–Crippen MR) is 121 cm³/mol. The number of carbonyl (C=O) groups is 2. The molecule has 0 spiro atoms. The van der Waals surface area contributed by atoms with Crippen LogP contribution in [0.2, 0.25) is 0 Å². The molecule has 2 bridgehead atoms. The maximum absolute atomic E-state index is 12.6. The fourth-order valence-electron chi connectivity index (χ4n) is 6.93. The molecule has 0 aromatic heterocycles. The van der Waals surface area contributed by atoms with Crippen molar-refractivity contribution >= 4 is 17.6 Å². The summed E-state index contributed by atoms with van der Waals surface area (Å²) in [6, 6.07) is 6.22. The van der Waals surface area contributed by atoms with Gasteiger partial charge in [-0.15, -0.1) is 0 Å². The van der Waals surface area contributed by atoms with Crippen LogP contribution in [0.25, 0.3) is 0 Å². The van der Waals surface area contributed by atoms with Gasteiger partial charge < -0.3 is 14.6 Å². The van der Waals surface area contributed by atoms with Crippen LogP contribution in [0.3, 0.4) is 0 Å². The van der Waals surface area contributed by atoms with Crippen LogP contribution < -0.4 is 4.74 Å². The van der Waals surface area contributed by atoms with E-state index in [9.17, 15) is 14.7 Å². The van der Waals surface area contributed by atoms with Crippen LogP contribution in [0.15, 0.2) is 34.8 Å². The van der Waals surface area contributed by atoms with Gasteiger partial charge in [0.05, 0.1) is 19.8 Å². The average Bonchev–Trinajstić information content (AvgIpc) is 3.62. The lowest BCUT2D eigenvalue weighted by Gasteiger charge is -2.65. The molecule has 3 fully saturated rings. The molecule has 7 heteroatoms. The Morgan fingerprint density at radius 2 is 2.12 bits per heavy atom. The number of nitrogens with zero attached hydrogens (tertiary/aromatic N) is 2. The number of carbonyl (C=O) groups excluding carboxylic acids is 2. The zero-order valence-corrected chi connectivity index (χ0v) is 19.2. The van der Waals surface area contributed by atoms with Gasteiger partial charge in [0.2, 0.25) is 0 Å². The Balaban J connectivity index is 1.48. The predicted octanol–water partition coefficient (Wildman–Crippen LogP) is 2.20. The second kappa shape index (κ2) is 7.24. The van der Waals surface area contributed by atoms with Crippen LogP contribution >= 0.6 is 0 Å². The van der Waals surface area contributed by atoms with Crippen molar-refractivity contribution in [2.24, 2.45) is 16.8 Å². The third kappa shape index (κ3) is 2.98. The van der Waals surface area contributed by atoms with E-state index in [4.69, 9.17) is 9.47 Å². The molecule has 6 rings (SSSR count). The molecule has 1 amide bonds. The molecular formula is C26H30N2O5. The molecule has 7 nitrogen and oxygen atoms in total. The molecule has 174 valence electrons. The average molecular weight is 451 g/mol. The standard InChI is InChI=1S/C26H30N2O5/c1-32-18-6-5-16-10-22-26(31)12-17-9-19(24(30)33-2)23(29)27-21(17)13-25(26,20(16)11-18)7-8-28(22)14-15-3-4-15/h5-6,9,11,15,17,22,31H,3-4,7-8,10,12-14H2,1-2H3/t17?,22-,25-,26-/m1/s1. The molecular weight excluding hydrogens is 420 g/mol. The zero-order valence-electron chi connectivity index (χ0n) is 19.2. The van der Waals surface area contributed by atoms with E-state index in [1.165, 1.54) is 25.5 Å². The number of benzene rings is 1. The second-order valence-corrected chi connectivity index (χ2v) is 10.4. The van der Waals surface area contributed by atoms with Gasteiger partial charge in [-0.25, -0.2) is 9.79 Å². The van der Waals surface area contributed by atoms with Crippen LogP contribution in [-0.2, 0) is 26.2 Å². The van der Waals surface area contributed by atoms with Crippen molar-refractivity contribution in [1.82, 2.24) is 4.90 Å². The molecule has 1 aromatic carbocycles. The van der Waals surface area contributed by atoms with Gasteiger partial charge in [0.15, 0.2) is 0 Å². The highest BCUT2D eigenvalue weighted by Crippen LogP contribution is 2.59. The first-order chi connectivity index (χ1) is 15.9. The van der Waals surface area contributed by atoms with Crippen molar-refractivity contribution in [2.45, 2.75) is 55.6 Å². The van der Waals surface area contributed by atoms with Crippen molar-refractivity contribution < 1.29 is 24.2 Å². The number of piperidine rings is 1. The second-order valence-electron chi connectivity index (χ2n) is 10.4. The molecule has 3 aliphatic carbocycles. The minimum absolute atomic E-state index is 0.00176. The number of amides is 1. The number of allylic oxidation sites excluding steroid dienone is 1. The van der Waals surface area contributed by atoms with E-state index in [1.807, 2.05) is 6.07 Å². The Hall–Kier alpha value is -2.51. The first-order valence-corrected chi connectivity index (χ1v) is 11.9. The van der Waals surface area contributed by atoms with E-state index >= 15 is 0 Å². The van der Waals surface area contributed by atoms with E-state index in [2.05, 4.69) is 22.0 Å². The van der Waals surface area contributed by atoms with Crippen molar-refractivity contribution in [1.29, 1.82) is 0 Å². The van der Waals surface area contributed by atoms with Gasteiger partial charge in [-0.05, 0) is 74.2 Å². The number of hydrogen-bond donors (Lipinski definition) is 1. The Morgan fingerprint density at radius 1 is 1.30 bits per heavy atom. The lowest BCUT2D eigenvalue weighted by atomic mass is 9.47. The fourth-order valence-corrected chi connectivity index (χ4v) is 6.93. The summed E-state index contributed by atoms with van der Waals surface area (Å²) in [5.74, 6) is 0.0624. The Kier molecular flexibility index (Phi) is 4.62. The molecule has 0 radical (unpaired) electrons. The maximum Gasteiger partial charge on any atom is 0.343 e. The Bertz CT molecular complexity index is 1110. The van der Waals surface area contributed by atoms with Gasteiger partial charge in [-0.3, -0.25) is 9.69 Å². The molecule has 2 heterocycles. The molecule has 33 heavy (non-hydrogen) atoms. The Labute approximate surface area is 193 Å². The smallest absolute Gasteiger partial charge is 0.343 e. The fraction of sp³-hybridized carbons (Fsp3) is 0.577. The summed E-state index contributed by atoms with van der Waals surface area (Å²) in [5, 5.41) is 12.6. The molecule has 2 saturated carbocycles. The molecule has 2 aliphatic heterocycles. The van der Waals surface area contributed by atoms with Crippen LogP contribution in [-0.4, -0.2) is 66.5 Å². The molecule has 5 aliphatic rings. The van der Waals surface area contributed by atoms with E-state index in [1.54, 1.807) is 13.2 Å². The third-order valence-corrected chi connectivity index (χ3v) is 8.77. The summed E-state index contributed by atoms with van der Waals surface area (Å²) < 4.78 is 10.4. The number of fused-ring (bicyclic) bond motifs is 2. The quantitative estimate of drug-likeness (QED) is 0.559. The Morgan fingerprint density at radius 3 is 2.85 bits per heavy atom. The number of methoxy groups -OCH3 is 2. The first-order valence-electron chi connectivity index (χ1n) is 11.9. The van der Waals surface area contributed by atoms with E-state index in [-0.39, 0.29) is 17.5 Å². The number of aliphatic hydroxyl groups is 1. The van der Waals surface area contributed by atoms with Crippen molar-refractivity contribution in [3.63, 3.8) is 0 Å². The molecule has 1 unspecified atom stereocenters. The molecule has 1 saturated heterocycles. The lowest BCUT2D eigenvalue weighted by molar-refractivity contribution is -0.158. The minimum atomic E-state index is -0.985. The maximum atomic E-state index is 12.6. The van der Waals surface area contributed by atoms with Crippen LogP contribution in [0, 0.1) is 11.8 Å². The van der Waals surface area contributed by atoms with Gasteiger partial charge in [0, 0.05) is 29.6 Å². The lowest BCUT2D eigenvalue weighted by Crippen LogP contribution is -2.74. The minimum Gasteiger partial charge on any atom is -0.497 e. The third-order valence-electron chi connectivity index (χ3n) is 8.77. The van der Waals surface area contributed by atoms with Gasteiger partial charge >= 0.3 is 5.97 Å². The largest absolute Gasteiger partial charge is 0.497 e. The number of dihydropyridines is 1. The molecule has 4 atom stereocenters. The highest BCUT2D eigenvalue weighted by molar-refractivity contribution is 6.22. The number of ether oxygens (including phenoxy) is 2. The number of rotatable bonds is 4. The highest BCUT2D eigenvalue weighted by atomic mass is 16.5. The number of likely N-dealkylation sites (tertiary alicyclic amines) is 1. The van der Waals surface area contributed by atoms with Crippen LogP contribution in [0.1, 0.15) is 43.2 Å². The summed E-state index contributed by atoms with van der Waals surface area (Å²) in [5.41, 5.74) is 1.61. The zero-order chi connectivity index (χ0) is 23.0. The van der Waals surface area contributed by atoms with Crippen molar-refractivity contribution in [3.8, 4) is 5.75 Å². The van der Waals surface area contributed by atoms with Gasteiger partial charge in [0.1, 0.15) is 11.3 Å².